The largest absolute Gasteiger partial charge is 0.476 e. The molecule has 52 valence electrons. The Kier molecular flexibility index (Phi) is 4.91. The first-order chi connectivity index (χ1) is 3.55. The summed E-state index contributed by atoms with van der Waals surface area (Å²) >= 11 is 0. The van der Waals surface area contributed by atoms with Gasteiger partial charge in [0.25, 0.3) is 0 Å². The number of aliphatic carboxylic acids is 1. The molecule has 2 N–H and O–H groups in total. The third-order valence-corrected chi connectivity index (χ3v) is 0.566. The summed E-state index contributed by atoms with van der Waals surface area (Å²) < 4.78 is 0. The fourth-order valence-corrected chi connectivity index (χ4v) is 0.151. The summed E-state index contributed by atoms with van der Waals surface area (Å²) in [4.78, 5) is 19.7. The van der Waals surface area contributed by atoms with Crippen molar-refractivity contribution in [2.45, 2.75) is 6.92 Å². The van der Waals surface area contributed by atoms with Crippen LogP contribution in [0, 0.1) is 5.41 Å². The summed E-state index contributed by atoms with van der Waals surface area (Å²) in [7, 11) is 0. The number of carboxylic acids is 1. The molecule has 0 atom stereocenters. The zero-order valence-corrected chi connectivity index (χ0v) is 5.49. The Bertz CT molecular complexity index is 138. The first-order valence-electron chi connectivity index (χ1n) is 1.88. The summed E-state index contributed by atoms with van der Waals surface area (Å²) in [6.07, 6.45) is 0. The van der Waals surface area contributed by atoms with Crippen LogP contribution in [0.15, 0.2) is 0 Å². The first kappa shape index (κ1) is 11.0. The second kappa shape index (κ2) is 4.03. The Morgan fingerprint density at radius 2 is 1.78 bits per heavy atom. The second-order valence-electron chi connectivity index (χ2n) is 1.24. The summed E-state index contributed by atoms with van der Waals surface area (Å²) in [5.74, 6) is -2.20. The van der Waals surface area contributed by atoms with Crippen LogP contribution >= 0.6 is 12.4 Å². The van der Waals surface area contributed by atoms with Gasteiger partial charge in [-0.15, -0.1) is 12.4 Å². The molecule has 0 aromatic carbocycles. The highest BCUT2D eigenvalue weighted by Gasteiger charge is 2.10. The number of hydrogen-bond donors (Lipinski definition) is 2. The van der Waals surface area contributed by atoms with Crippen LogP contribution in [-0.4, -0.2) is 22.6 Å². The van der Waals surface area contributed by atoms with Gasteiger partial charge in [0.05, 0.1) is 0 Å². The molecule has 0 bridgehead atoms. The molecule has 0 aliphatic carbocycles. The van der Waals surface area contributed by atoms with Crippen molar-refractivity contribution in [3.05, 3.63) is 0 Å². The third kappa shape index (κ3) is 3.66. The zero-order chi connectivity index (χ0) is 6.73. The van der Waals surface area contributed by atoms with Gasteiger partial charge in [-0.1, -0.05) is 0 Å². The van der Waals surface area contributed by atoms with Gasteiger partial charge >= 0.3 is 5.97 Å². The van der Waals surface area contributed by atoms with Gasteiger partial charge in [-0.2, -0.15) is 0 Å². The summed E-state index contributed by atoms with van der Waals surface area (Å²) in [5, 5.41) is 14.4. The molecular formula is C4H6ClNO3. The Labute approximate surface area is 57.8 Å². The normalized spacial score (nSPS) is 7.22. The summed E-state index contributed by atoms with van der Waals surface area (Å²) in [5.41, 5.74) is -0.870. The predicted octanol–water partition coefficient (Wildman–Crippen LogP) is 0.102. The molecule has 0 saturated carbocycles. The number of carbonyl (C=O) groups excluding carboxylic acids is 1. The average molecular weight is 152 g/mol. The molecule has 0 heterocycles. The number of nitrogens with one attached hydrogen (secondary N) is 1. The average Bonchev–Trinajstić information content (AvgIpc) is 1.64. The number of Topliss-reactive ketones (excluding diaryl/α,β-unsaturated/α-hetero) is 1. The highest BCUT2D eigenvalue weighted by atomic mass is 35.5. The van der Waals surface area contributed by atoms with Crippen molar-refractivity contribution in [3.8, 4) is 0 Å². The van der Waals surface area contributed by atoms with E-state index in [2.05, 4.69) is 0 Å². The molecule has 0 fully saturated rings. The highest BCUT2D eigenvalue weighted by Crippen LogP contribution is 1.73. The monoisotopic (exact) mass is 151 g/mol. The molecule has 4 nitrogen and oxygen atoms in total. The van der Waals surface area contributed by atoms with Gasteiger partial charge in [0, 0.05) is 6.92 Å². The van der Waals surface area contributed by atoms with E-state index in [-0.39, 0.29) is 12.4 Å². The fraction of sp³-hybridized carbons (Fsp3) is 0.250. The molecule has 0 spiro atoms. The smallest absolute Gasteiger partial charge is 0.357 e. The number of carbonyl (C=O) groups is 2. The fourth-order valence-electron chi connectivity index (χ4n) is 0.151. The zero-order valence-electron chi connectivity index (χ0n) is 4.67. The van der Waals surface area contributed by atoms with Gasteiger partial charge in [-0.3, -0.25) is 10.2 Å². The van der Waals surface area contributed by atoms with Crippen molar-refractivity contribution in [2.24, 2.45) is 0 Å². The van der Waals surface area contributed by atoms with E-state index in [0.717, 1.165) is 6.92 Å². The maximum absolute atomic E-state index is 9.98. The Morgan fingerprint density at radius 1 is 1.44 bits per heavy atom. The van der Waals surface area contributed by atoms with E-state index >= 15 is 0 Å². The first-order valence-corrected chi connectivity index (χ1v) is 1.88. The lowest BCUT2D eigenvalue weighted by Crippen LogP contribution is -2.19. The standard InChI is InChI=1S/C4H5NO3.ClH/c1-2(6)3(5)4(7)8;/h5H,1H3,(H,7,8);1H. The molecule has 0 rings (SSSR count). The van der Waals surface area contributed by atoms with Crippen LogP contribution in [-0.2, 0) is 9.59 Å². The molecule has 0 amide bonds. The lowest BCUT2D eigenvalue weighted by Gasteiger charge is -1.85. The molecule has 0 aromatic heterocycles. The van der Waals surface area contributed by atoms with E-state index in [1.54, 1.807) is 0 Å². The van der Waals surface area contributed by atoms with Crippen LogP contribution < -0.4 is 0 Å². The summed E-state index contributed by atoms with van der Waals surface area (Å²) in [6, 6.07) is 0. The molecule has 0 radical (unpaired) electrons. The Morgan fingerprint density at radius 3 is 1.78 bits per heavy atom. The van der Waals surface area contributed by atoms with E-state index in [4.69, 9.17) is 10.5 Å². The van der Waals surface area contributed by atoms with Gasteiger partial charge in [-0.05, 0) is 0 Å². The number of hydrogen-bond acceptors (Lipinski definition) is 3. The SMILES string of the molecule is CC(=O)C(=N)C(=O)O.Cl. The number of carboxylic acid groups (broad SMARTS) is 1. The minimum Gasteiger partial charge on any atom is -0.476 e. The minimum absolute atomic E-state index is 0. The van der Waals surface area contributed by atoms with Gasteiger partial charge < -0.3 is 5.11 Å². The minimum atomic E-state index is -1.47. The number of ketones is 1. The van der Waals surface area contributed by atoms with Crippen LogP contribution in [0.2, 0.25) is 0 Å². The van der Waals surface area contributed by atoms with E-state index in [1.165, 1.54) is 0 Å². The van der Waals surface area contributed by atoms with Crippen molar-refractivity contribution in [1.29, 1.82) is 5.41 Å². The van der Waals surface area contributed by atoms with Gasteiger partial charge in [0.1, 0.15) is 0 Å². The van der Waals surface area contributed by atoms with Crippen molar-refractivity contribution < 1.29 is 14.7 Å². The molecule has 9 heavy (non-hydrogen) atoms. The molecule has 0 saturated heterocycles. The van der Waals surface area contributed by atoms with Crippen molar-refractivity contribution >= 4 is 29.9 Å². The molecule has 0 aliphatic heterocycles. The van der Waals surface area contributed by atoms with Crippen LogP contribution in [0.3, 0.4) is 0 Å². The van der Waals surface area contributed by atoms with Crippen molar-refractivity contribution in [1.82, 2.24) is 0 Å². The predicted molar refractivity (Wildman–Crippen MR) is 33.3 cm³/mol. The van der Waals surface area contributed by atoms with Gasteiger partial charge in [-0.25, -0.2) is 4.79 Å². The van der Waals surface area contributed by atoms with Crippen LogP contribution in [0.4, 0.5) is 0 Å². The topological polar surface area (TPSA) is 78.2 Å². The van der Waals surface area contributed by atoms with Gasteiger partial charge in [0.15, 0.2) is 11.5 Å². The number of halogens is 1. The highest BCUT2D eigenvalue weighted by molar-refractivity contribution is 6.62. The quantitative estimate of drug-likeness (QED) is 0.434. The van der Waals surface area contributed by atoms with E-state index < -0.39 is 17.5 Å². The van der Waals surface area contributed by atoms with E-state index in [9.17, 15) is 9.59 Å². The lowest BCUT2D eigenvalue weighted by molar-refractivity contribution is -0.130. The molecule has 0 aromatic rings. The van der Waals surface area contributed by atoms with Crippen LogP contribution in [0.1, 0.15) is 6.92 Å². The third-order valence-electron chi connectivity index (χ3n) is 0.566. The maximum Gasteiger partial charge on any atom is 0.357 e. The van der Waals surface area contributed by atoms with Gasteiger partial charge in [0.2, 0.25) is 0 Å². The lowest BCUT2D eigenvalue weighted by atomic mass is 10.3. The summed E-state index contributed by atoms with van der Waals surface area (Å²) in [6.45, 7) is 1.04. The molecule has 0 unspecified atom stereocenters. The number of rotatable bonds is 2. The van der Waals surface area contributed by atoms with Crippen molar-refractivity contribution in [3.63, 3.8) is 0 Å². The van der Waals surface area contributed by atoms with E-state index in [0.29, 0.717) is 0 Å². The van der Waals surface area contributed by atoms with Crippen LogP contribution in [0.25, 0.3) is 0 Å². The van der Waals surface area contributed by atoms with Crippen molar-refractivity contribution in [2.75, 3.05) is 0 Å². The Hall–Kier alpha value is -0.900. The second-order valence-corrected chi connectivity index (χ2v) is 1.24. The maximum atomic E-state index is 9.98. The molecule has 0 aliphatic rings. The molecular weight excluding hydrogens is 146 g/mol. The molecule has 5 heteroatoms. The van der Waals surface area contributed by atoms with E-state index in [1.807, 2.05) is 0 Å². The Balaban J connectivity index is 0. The van der Waals surface area contributed by atoms with Crippen LogP contribution in [0.5, 0.6) is 0 Å².